The molecule has 2 aromatic carbocycles. The Bertz CT molecular complexity index is 938. The quantitative estimate of drug-likeness (QED) is 0.322. The van der Waals surface area contributed by atoms with E-state index >= 15 is 0 Å². The summed E-state index contributed by atoms with van der Waals surface area (Å²) in [5, 5.41) is 11.5. The van der Waals surface area contributed by atoms with Crippen molar-refractivity contribution in [2.75, 3.05) is 27.4 Å². The van der Waals surface area contributed by atoms with Crippen molar-refractivity contribution in [2.45, 2.75) is 12.5 Å². The lowest BCUT2D eigenvalue weighted by Crippen LogP contribution is -2.31. The van der Waals surface area contributed by atoms with Gasteiger partial charge in [0.05, 0.1) is 18.7 Å². The molecule has 0 radical (unpaired) electrons. The summed E-state index contributed by atoms with van der Waals surface area (Å²) in [7, 11) is 3.09. The van der Waals surface area contributed by atoms with Crippen LogP contribution in [0, 0.1) is 0 Å². The molecule has 1 saturated heterocycles. The molecule has 1 heterocycles. The van der Waals surface area contributed by atoms with E-state index in [1.54, 1.807) is 55.6 Å². The number of nitrogens with zero attached hydrogens (tertiary/aromatic N) is 1. The molecule has 29 heavy (non-hydrogen) atoms. The van der Waals surface area contributed by atoms with Gasteiger partial charge in [0.1, 0.15) is 11.5 Å². The van der Waals surface area contributed by atoms with Gasteiger partial charge in [0.15, 0.2) is 0 Å². The van der Waals surface area contributed by atoms with Gasteiger partial charge in [0.25, 0.3) is 11.7 Å². The molecule has 6 nitrogen and oxygen atoms in total. The van der Waals surface area contributed by atoms with Gasteiger partial charge in [-0.15, -0.1) is 0 Å². The van der Waals surface area contributed by atoms with Crippen LogP contribution in [0.15, 0.2) is 54.1 Å². The largest absolute Gasteiger partial charge is 0.507 e. The summed E-state index contributed by atoms with van der Waals surface area (Å²) in [6, 6.07) is 12.9. The summed E-state index contributed by atoms with van der Waals surface area (Å²) >= 11 is 6.00. The number of likely N-dealkylation sites (tertiary alicyclic amines) is 1. The number of aliphatic hydroxyl groups excluding tert-OH is 1. The van der Waals surface area contributed by atoms with Crippen LogP contribution in [0.5, 0.6) is 5.75 Å². The SMILES string of the molecule is COCCCN1C(=O)C(=O)/C(=C(\O)c2cccc(OC)c2)C1c1ccc(Cl)cc1. The average Bonchev–Trinajstić information content (AvgIpc) is 2.99. The van der Waals surface area contributed by atoms with Crippen molar-refractivity contribution in [2.24, 2.45) is 0 Å². The number of carbonyl (C=O) groups is 2. The van der Waals surface area contributed by atoms with Gasteiger partial charge in [-0.2, -0.15) is 0 Å². The van der Waals surface area contributed by atoms with Crippen molar-refractivity contribution in [3.63, 3.8) is 0 Å². The molecular weight excluding hydrogens is 394 g/mol. The van der Waals surface area contributed by atoms with Crippen molar-refractivity contribution in [1.29, 1.82) is 0 Å². The molecule has 1 N–H and O–H groups in total. The first-order chi connectivity index (χ1) is 14.0. The highest BCUT2D eigenvalue weighted by Crippen LogP contribution is 2.40. The van der Waals surface area contributed by atoms with Gasteiger partial charge < -0.3 is 19.5 Å². The Kier molecular flexibility index (Phi) is 6.56. The minimum absolute atomic E-state index is 0.0444. The van der Waals surface area contributed by atoms with Gasteiger partial charge >= 0.3 is 0 Å². The number of hydrogen-bond acceptors (Lipinski definition) is 5. The predicted octanol–water partition coefficient (Wildman–Crippen LogP) is 3.81. The Balaban J connectivity index is 2.12. The van der Waals surface area contributed by atoms with Crippen LogP contribution in [0.4, 0.5) is 0 Å². The summed E-state index contributed by atoms with van der Waals surface area (Å²) in [4.78, 5) is 27.1. The molecule has 152 valence electrons. The number of methoxy groups -OCH3 is 2. The lowest BCUT2D eigenvalue weighted by molar-refractivity contribution is -0.140. The van der Waals surface area contributed by atoms with Crippen LogP contribution in [0.1, 0.15) is 23.6 Å². The molecule has 0 aliphatic carbocycles. The van der Waals surface area contributed by atoms with Gasteiger partial charge in [-0.25, -0.2) is 0 Å². The number of halogens is 1. The van der Waals surface area contributed by atoms with E-state index in [0.29, 0.717) is 41.5 Å². The normalized spacial score (nSPS) is 18.3. The van der Waals surface area contributed by atoms with E-state index in [9.17, 15) is 14.7 Å². The molecule has 0 bridgehead atoms. The van der Waals surface area contributed by atoms with Crippen LogP contribution in [-0.4, -0.2) is 49.1 Å². The zero-order chi connectivity index (χ0) is 21.0. The van der Waals surface area contributed by atoms with E-state index in [2.05, 4.69) is 0 Å². The smallest absolute Gasteiger partial charge is 0.295 e. The fourth-order valence-corrected chi connectivity index (χ4v) is 3.53. The van der Waals surface area contributed by atoms with Gasteiger partial charge in [-0.3, -0.25) is 9.59 Å². The number of aliphatic hydroxyl groups is 1. The minimum atomic E-state index is -0.720. The molecule has 7 heteroatoms. The van der Waals surface area contributed by atoms with E-state index in [1.165, 1.54) is 12.0 Å². The van der Waals surface area contributed by atoms with Gasteiger partial charge in [0, 0.05) is 30.8 Å². The summed E-state index contributed by atoms with van der Waals surface area (Å²) in [5.41, 5.74) is 1.14. The maximum Gasteiger partial charge on any atom is 0.295 e. The fourth-order valence-electron chi connectivity index (χ4n) is 3.41. The molecule has 0 spiro atoms. The zero-order valence-corrected chi connectivity index (χ0v) is 17.0. The third-order valence-electron chi connectivity index (χ3n) is 4.82. The van der Waals surface area contributed by atoms with Crippen LogP contribution in [0.2, 0.25) is 5.02 Å². The highest BCUT2D eigenvalue weighted by Gasteiger charge is 2.45. The molecule has 0 aromatic heterocycles. The van der Waals surface area contributed by atoms with Crippen molar-refractivity contribution in [3.8, 4) is 5.75 Å². The maximum absolute atomic E-state index is 12.9. The first-order valence-electron chi connectivity index (χ1n) is 9.15. The molecule has 0 saturated carbocycles. The Hall–Kier alpha value is -2.83. The van der Waals surface area contributed by atoms with Crippen molar-refractivity contribution in [1.82, 2.24) is 4.90 Å². The van der Waals surface area contributed by atoms with E-state index < -0.39 is 17.7 Å². The highest BCUT2D eigenvalue weighted by molar-refractivity contribution is 6.46. The molecule has 1 fully saturated rings. The number of rotatable bonds is 7. The van der Waals surface area contributed by atoms with Crippen LogP contribution in [0.25, 0.3) is 5.76 Å². The third-order valence-corrected chi connectivity index (χ3v) is 5.07. The van der Waals surface area contributed by atoms with Gasteiger partial charge in [-0.05, 0) is 36.2 Å². The highest BCUT2D eigenvalue weighted by atomic mass is 35.5. The number of carbonyl (C=O) groups excluding carboxylic acids is 2. The van der Waals surface area contributed by atoms with Gasteiger partial charge in [0.2, 0.25) is 0 Å². The van der Waals surface area contributed by atoms with Crippen molar-refractivity contribution >= 4 is 29.1 Å². The van der Waals surface area contributed by atoms with E-state index in [1.807, 2.05) is 0 Å². The summed E-state index contributed by atoms with van der Waals surface area (Å²) in [6.07, 6.45) is 0.562. The molecule has 3 rings (SSSR count). The van der Waals surface area contributed by atoms with E-state index in [-0.39, 0.29) is 11.3 Å². The fraction of sp³-hybridized carbons (Fsp3) is 0.273. The minimum Gasteiger partial charge on any atom is -0.507 e. The lowest BCUT2D eigenvalue weighted by atomic mass is 9.95. The standard InChI is InChI=1S/C22H22ClNO5/c1-28-12-4-11-24-19(14-7-9-16(23)10-8-14)18(21(26)22(24)27)20(25)15-5-3-6-17(13-15)29-2/h3,5-10,13,19,25H,4,11-12H2,1-2H3/b20-18-. The summed E-state index contributed by atoms with van der Waals surface area (Å²) in [6.45, 7) is 0.771. The summed E-state index contributed by atoms with van der Waals surface area (Å²) < 4.78 is 10.3. The van der Waals surface area contributed by atoms with Crippen molar-refractivity contribution < 1.29 is 24.2 Å². The lowest BCUT2D eigenvalue weighted by Gasteiger charge is -2.25. The second kappa shape index (κ2) is 9.11. The first-order valence-corrected chi connectivity index (χ1v) is 9.53. The van der Waals surface area contributed by atoms with Crippen LogP contribution >= 0.6 is 11.6 Å². The monoisotopic (exact) mass is 415 g/mol. The number of benzene rings is 2. The molecular formula is C22H22ClNO5. The second-order valence-corrected chi connectivity index (χ2v) is 7.06. The summed E-state index contributed by atoms with van der Waals surface area (Å²) in [5.74, 6) is -1.07. The van der Waals surface area contributed by atoms with Crippen LogP contribution in [-0.2, 0) is 14.3 Å². The Morgan fingerprint density at radius 3 is 2.52 bits per heavy atom. The van der Waals surface area contributed by atoms with Gasteiger partial charge in [-0.1, -0.05) is 35.9 Å². The van der Waals surface area contributed by atoms with Crippen LogP contribution in [0.3, 0.4) is 0 Å². The molecule has 1 aliphatic rings. The number of Topliss-reactive ketones (excluding diaryl/α,β-unsaturated/α-hetero) is 1. The number of ketones is 1. The average molecular weight is 416 g/mol. The zero-order valence-electron chi connectivity index (χ0n) is 16.2. The predicted molar refractivity (Wildman–Crippen MR) is 110 cm³/mol. The molecule has 1 atom stereocenters. The number of hydrogen-bond donors (Lipinski definition) is 1. The Morgan fingerprint density at radius 1 is 1.14 bits per heavy atom. The van der Waals surface area contributed by atoms with Crippen LogP contribution < -0.4 is 4.74 Å². The Morgan fingerprint density at radius 2 is 1.86 bits per heavy atom. The molecule has 1 unspecified atom stereocenters. The topological polar surface area (TPSA) is 76.1 Å². The number of amides is 1. The maximum atomic E-state index is 12.9. The molecule has 1 amide bonds. The molecule has 1 aliphatic heterocycles. The number of ether oxygens (including phenoxy) is 2. The Labute approximate surface area is 174 Å². The van der Waals surface area contributed by atoms with E-state index in [0.717, 1.165) is 0 Å². The van der Waals surface area contributed by atoms with E-state index in [4.69, 9.17) is 21.1 Å². The molecule has 2 aromatic rings. The first kappa shape index (κ1) is 20.9. The second-order valence-electron chi connectivity index (χ2n) is 6.62. The third kappa shape index (κ3) is 4.28. The van der Waals surface area contributed by atoms with Crippen molar-refractivity contribution in [3.05, 3.63) is 70.3 Å².